The molecule has 0 saturated carbocycles. The summed E-state index contributed by atoms with van der Waals surface area (Å²) in [5.74, 6) is 0. The van der Waals surface area contributed by atoms with Gasteiger partial charge in [-0.25, -0.2) is 9.97 Å². The maximum atomic E-state index is 6.07. The summed E-state index contributed by atoms with van der Waals surface area (Å²) >= 11 is 7.47. The van der Waals surface area contributed by atoms with Gasteiger partial charge in [-0.15, -0.1) is 10.2 Å². The van der Waals surface area contributed by atoms with Gasteiger partial charge in [-0.1, -0.05) is 35.9 Å². The van der Waals surface area contributed by atoms with E-state index in [-0.39, 0.29) is 0 Å². The Morgan fingerprint density at radius 1 is 0.950 bits per heavy atom. The fourth-order valence-electron chi connectivity index (χ4n) is 1.95. The lowest BCUT2D eigenvalue weighted by Crippen LogP contribution is -1.95. The van der Waals surface area contributed by atoms with Crippen molar-refractivity contribution in [1.82, 2.24) is 20.2 Å². The molecule has 0 aliphatic rings. The lowest BCUT2D eigenvalue weighted by molar-refractivity contribution is 0.891. The molecule has 3 aromatic rings. The number of halogens is 1. The molecule has 2 heterocycles. The van der Waals surface area contributed by atoms with Crippen molar-refractivity contribution >= 4 is 34.1 Å². The van der Waals surface area contributed by atoms with Crippen LogP contribution in [0.3, 0.4) is 0 Å². The third kappa shape index (κ3) is 2.59. The van der Waals surface area contributed by atoms with Gasteiger partial charge < -0.3 is 0 Å². The standard InChI is InChI=1S/C14H11ClN4S/c1-8-7-9(2)17-14(16-8)20-13-11-6-4-3-5-10(11)12(15)18-19-13/h3-7H,1-2H3. The van der Waals surface area contributed by atoms with Crippen LogP contribution in [0.2, 0.25) is 5.15 Å². The SMILES string of the molecule is Cc1cc(C)nc(Sc2nnc(Cl)c3ccccc23)n1. The smallest absolute Gasteiger partial charge is 0.194 e. The lowest BCUT2D eigenvalue weighted by atomic mass is 10.2. The van der Waals surface area contributed by atoms with Crippen LogP contribution in [0.15, 0.2) is 40.5 Å². The first-order chi connectivity index (χ1) is 9.63. The van der Waals surface area contributed by atoms with E-state index in [1.807, 2.05) is 44.2 Å². The van der Waals surface area contributed by atoms with Gasteiger partial charge >= 0.3 is 0 Å². The van der Waals surface area contributed by atoms with Crippen molar-refractivity contribution in [3.05, 3.63) is 46.9 Å². The van der Waals surface area contributed by atoms with Gasteiger partial charge in [0.2, 0.25) is 0 Å². The number of nitrogens with zero attached hydrogens (tertiary/aromatic N) is 4. The number of aryl methyl sites for hydroxylation is 2. The lowest BCUT2D eigenvalue weighted by Gasteiger charge is -2.05. The van der Waals surface area contributed by atoms with E-state index >= 15 is 0 Å². The van der Waals surface area contributed by atoms with Crippen LogP contribution in [-0.4, -0.2) is 20.2 Å². The van der Waals surface area contributed by atoms with Gasteiger partial charge in [-0.2, -0.15) is 0 Å². The predicted octanol–water partition coefficient (Wildman–Crippen LogP) is 3.84. The molecule has 0 N–H and O–H groups in total. The Labute approximate surface area is 125 Å². The zero-order valence-electron chi connectivity index (χ0n) is 11.0. The van der Waals surface area contributed by atoms with Gasteiger partial charge in [-0.3, -0.25) is 0 Å². The van der Waals surface area contributed by atoms with E-state index in [9.17, 15) is 0 Å². The Bertz CT molecular complexity index is 771. The van der Waals surface area contributed by atoms with Crippen LogP contribution in [0.1, 0.15) is 11.4 Å². The normalized spacial score (nSPS) is 10.9. The number of hydrogen-bond donors (Lipinski definition) is 0. The molecule has 6 heteroatoms. The minimum atomic E-state index is 0.409. The Kier molecular flexibility index (Phi) is 3.54. The van der Waals surface area contributed by atoms with Gasteiger partial charge in [0.25, 0.3) is 0 Å². The van der Waals surface area contributed by atoms with E-state index in [4.69, 9.17) is 11.6 Å². The van der Waals surface area contributed by atoms with Crippen LogP contribution in [-0.2, 0) is 0 Å². The highest BCUT2D eigenvalue weighted by Gasteiger charge is 2.11. The molecule has 1 aromatic carbocycles. The molecule has 0 aliphatic heterocycles. The molecule has 3 rings (SSSR count). The zero-order valence-corrected chi connectivity index (χ0v) is 12.5. The molecule has 100 valence electrons. The first kappa shape index (κ1) is 13.3. The fourth-order valence-corrected chi connectivity index (χ4v) is 3.07. The molecule has 0 unspecified atom stereocenters. The Morgan fingerprint density at radius 3 is 2.30 bits per heavy atom. The van der Waals surface area contributed by atoms with Crippen molar-refractivity contribution in [2.24, 2.45) is 0 Å². The molecule has 20 heavy (non-hydrogen) atoms. The van der Waals surface area contributed by atoms with E-state index in [0.29, 0.717) is 10.3 Å². The van der Waals surface area contributed by atoms with Crippen LogP contribution in [0.25, 0.3) is 10.8 Å². The average molecular weight is 303 g/mol. The number of fused-ring (bicyclic) bond motifs is 1. The summed E-state index contributed by atoms with van der Waals surface area (Å²) in [5, 5.41) is 11.8. The number of benzene rings is 1. The highest BCUT2D eigenvalue weighted by atomic mass is 35.5. The van der Waals surface area contributed by atoms with E-state index in [1.165, 1.54) is 11.8 Å². The van der Waals surface area contributed by atoms with Crippen LogP contribution >= 0.6 is 23.4 Å². The average Bonchev–Trinajstić information content (AvgIpc) is 2.41. The van der Waals surface area contributed by atoms with Crippen molar-refractivity contribution < 1.29 is 0 Å². The first-order valence-corrected chi connectivity index (χ1v) is 7.24. The second-order valence-electron chi connectivity index (χ2n) is 4.38. The van der Waals surface area contributed by atoms with Crippen molar-refractivity contribution in [3.63, 3.8) is 0 Å². The molecule has 0 spiro atoms. The summed E-state index contributed by atoms with van der Waals surface area (Å²) in [6.07, 6.45) is 0. The minimum absolute atomic E-state index is 0.409. The van der Waals surface area contributed by atoms with Gasteiger partial charge in [-0.05, 0) is 31.7 Å². The maximum Gasteiger partial charge on any atom is 0.194 e. The van der Waals surface area contributed by atoms with E-state index in [2.05, 4.69) is 20.2 Å². The molecule has 2 aromatic heterocycles. The molecule has 0 atom stereocenters. The van der Waals surface area contributed by atoms with E-state index in [1.54, 1.807) is 0 Å². The Morgan fingerprint density at radius 2 is 1.60 bits per heavy atom. The van der Waals surface area contributed by atoms with Crippen LogP contribution in [0.5, 0.6) is 0 Å². The number of hydrogen-bond acceptors (Lipinski definition) is 5. The second kappa shape index (κ2) is 5.34. The highest BCUT2D eigenvalue weighted by molar-refractivity contribution is 7.99. The molecule has 0 saturated heterocycles. The fraction of sp³-hybridized carbons (Fsp3) is 0.143. The minimum Gasteiger partial charge on any atom is -0.228 e. The summed E-state index contributed by atoms with van der Waals surface area (Å²) < 4.78 is 0. The Balaban J connectivity index is 2.09. The van der Waals surface area contributed by atoms with Gasteiger partial charge in [0.15, 0.2) is 10.3 Å². The molecule has 0 aliphatic carbocycles. The van der Waals surface area contributed by atoms with Crippen LogP contribution < -0.4 is 0 Å². The summed E-state index contributed by atoms with van der Waals surface area (Å²) in [6, 6.07) is 9.72. The summed E-state index contributed by atoms with van der Waals surface area (Å²) in [4.78, 5) is 8.82. The van der Waals surface area contributed by atoms with Crippen LogP contribution in [0, 0.1) is 13.8 Å². The molecular weight excluding hydrogens is 292 g/mol. The largest absolute Gasteiger partial charge is 0.228 e. The van der Waals surface area contributed by atoms with Gasteiger partial charge in [0.05, 0.1) is 0 Å². The van der Waals surface area contributed by atoms with Crippen LogP contribution in [0.4, 0.5) is 0 Å². The quantitative estimate of drug-likeness (QED) is 0.673. The van der Waals surface area contributed by atoms with Gasteiger partial charge in [0.1, 0.15) is 5.03 Å². The molecular formula is C14H11ClN4S. The van der Waals surface area contributed by atoms with Crippen molar-refractivity contribution in [2.45, 2.75) is 24.0 Å². The second-order valence-corrected chi connectivity index (χ2v) is 5.69. The third-order valence-electron chi connectivity index (χ3n) is 2.76. The van der Waals surface area contributed by atoms with Crippen molar-refractivity contribution in [3.8, 4) is 0 Å². The molecule has 0 bridgehead atoms. The maximum absolute atomic E-state index is 6.07. The monoisotopic (exact) mass is 302 g/mol. The summed E-state index contributed by atoms with van der Waals surface area (Å²) in [7, 11) is 0. The molecule has 0 fully saturated rings. The first-order valence-electron chi connectivity index (χ1n) is 6.04. The third-order valence-corrected chi connectivity index (χ3v) is 3.90. The molecule has 4 nitrogen and oxygen atoms in total. The van der Waals surface area contributed by atoms with Crippen molar-refractivity contribution in [2.75, 3.05) is 0 Å². The van der Waals surface area contributed by atoms with E-state index < -0.39 is 0 Å². The topological polar surface area (TPSA) is 51.6 Å². The highest BCUT2D eigenvalue weighted by Crippen LogP contribution is 2.31. The number of aromatic nitrogens is 4. The zero-order chi connectivity index (χ0) is 14.1. The number of rotatable bonds is 2. The molecule has 0 radical (unpaired) electrons. The molecule has 0 amide bonds. The Hall–Kier alpha value is -1.72. The predicted molar refractivity (Wildman–Crippen MR) is 80.2 cm³/mol. The summed E-state index contributed by atoms with van der Waals surface area (Å²) in [6.45, 7) is 3.90. The van der Waals surface area contributed by atoms with E-state index in [0.717, 1.165) is 27.2 Å². The van der Waals surface area contributed by atoms with Gasteiger partial charge in [0, 0.05) is 22.2 Å². The van der Waals surface area contributed by atoms with Crippen molar-refractivity contribution in [1.29, 1.82) is 0 Å². The summed E-state index contributed by atoms with van der Waals surface area (Å²) in [5.41, 5.74) is 1.87.